The normalized spacial score (nSPS) is 16.3. The second-order valence-electron chi connectivity index (χ2n) is 4.95. The molecule has 0 spiro atoms. The van der Waals surface area contributed by atoms with Gasteiger partial charge in [-0.2, -0.15) is 5.10 Å². The molecule has 0 amide bonds. The van der Waals surface area contributed by atoms with Crippen LogP contribution in [0.3, 0.4) is 0 Å². The highest BCUT2D eigenvalue weighted by molar-refractivity contribution is 14.1. The average molecular weight is 353 g/mol. The summed E-state index contributed by atoms with van der Waals surface area (Å²) in [6.45, 7) is 1.02. The Labute approximate surface area is 121 Å². The van der Waals surface area contributed by atoms with E-state index in [1.807, 2.05) is 11.0 Å². The van der Waals surface area contributed by atoms with Gasteiger partial charge in [-0.3, -0.25) is 4.68 Å². The molecule has 1 aromatic carbocycles. The van der Waals surface area contributed by atoms with Gasteiger partial charge in [-0.05, 0) is 53.5 Å². The van der Waals surface area contributed by atoms with Crippen molar-refractivity contribution in [2.45, 2.75) is 32.2 Å². The van der Waals surface area contributed by atoms with Gasteiger partial charge in [0.15, 0.2) is 5.82 Å². The Balaban J connectivity index is 1.76. The van der Waals surface area contributed by atoms with Gasteiger partial charge in [-0.1, -0.05) is 25.0 Å². The van der Waals surface area contributed by atoms with Gasteiger partial charge in [0.1, 0.15) is 6.33 Å². The van der Waals surface area contributed by atoms with Crippen LogP contribution in [0.15, 0.2) is 30.6 Å². The van der Waals surface area contributed by atoms with E-state index < -0.39 is 0 Å². The second-order valence-corrected chi connectivity index (χ2v) is 6.20. The fourth-order valence-electron chi connectivity index (χ4n) is 2.60. The van der Waals surface area contributed by atoms with Gasteiger partial charge < -0.3 is 0 Å². The number of benzene rings is 1. The molecule has 94 valence electrons. The van der Waals surface area contributed by atoms with E-state index in [-0.39, 0.29) is 0 Å². The van der Waals surface area contributed by atoms with Crippen LogP contribution in [0.5, 0.6) is 0 Å². The zero-order valence-corrected chi connectivity index (χ0v) is 12.4. The zero-order valence-electron chi connectivity index (χ0n) is 10.2. The van der Waals surface area contributed by atoms with E-state index >= 15 is 0 Å². The lowest BCUT2D eigenvalue weighted by Crippen LogP contribution is -2.07. The maximum Gasteiger partial charge on any atom is 0.181 e. The molecule has 18 heavy (non-hydrogen) atoms. The van der Waals surface area contributed by atoms with Crippen LogP contribution in [-0.4, -0.2) is 14.8 Å². The third kappa shape index (κ3) is 2.74. The van der Waals surface area contributed by atoms with E-state index in [0.717, 1.165) is 23.9 Å². The van der Waals surface area contributed by atoms with Crippen LogP contribution in [0, 0.1) is 9.49 Å². The molecule has 0 bridgehead atoms. The first-order valence-electron chi connectivity index (χ1n) is 6.46. The van der Waals surface area contributed by atoms with Crippen LogP contribution in [0.4, 0.5) is 0 Å². The molecule has 0 N–H and O–H groups in total. The Kier molecular flexibility index (Phi) is 3.63. The molecule has 3 rings (SSSR count). The summed E-state index contributed by atoms with van der Waals surface area (Å²) in [6.07, 6.45) is 7.32. The topological polar surface area (TPSA) is 30.7 Å². The molecule has 1 fully saturated rings. The highest BCUT2D eigenvalue weighted by atomic mass is 127. The first-order chi connectivity index (χ1) is 8.81. The Hall–Kier alpha value is -0.910. The van der Waals surface area contributed by atoms with Crippen LogP contribution in [0.2, 0.25) is 0 Å². The summed E-state index contributed by atoms with van der Waals surface area (Å²) in [7, 11) is 0. The van der Waals surface area contributed by atoms with Crippen molar-refractivity contribution >= 4 is 22.6 Å². The Morgan fingerprint density at radius 1 is 1.28 bits per heavy atom. The van der Waals surface area contributed by atoms with E-state index in [4.69, 9.17) is 0 Å². The molecule has 0 radical (unpaired) electrons. The molecular weight excluding hydrogens is 337 g/mol. The molecule has 2 aromatic rings. The number of hydrogen-bond acceptors (Lipinski definition) is 2. The van der Waals surface area contributed by atoms with E-state index in [9.17, 15) is 0 Å². The molecule has 1 aliphatic carbocycles. The number of rotatable bonds is 3. The maximum atomic E-state index is 4.59. The van der Waals surface area contributed by atoms with Crippen LogP contribution < -0.4 is 0 Å². The van der Waals surface area contributed by atoms with Crippen molar-refractivity contribution in [3.05, 3.63) is 34.2 Å². The summed E-state index contributed by atoms with van der Waals surface area (Å²) in [6, 6.07) is 8.32. The van der Waals surface area contributed by atoms with E-state index in [1.54, 1.807) is 0 Å². The average Bonchev–Trinajstić information content (AvgIpc) is 3.01. The van der Waals surface area contributed by atoms with Crippen LogP contribution in [0.1, 0.15) is 25.7 Å². The van der Waals surface area contributed by atoms with Crippen LogP contribution in [-0.2, 0) is 6.54 Å². The summed E-state index contributed by atoms with van der Waals surface area (Å²) in [4.78, 5) is 4.42. The Bertz CT molecular complexity index is 529. The summed E-state index contributed by atoms with van der Waals surface area (Å²) in [5.74, 6) is 1.64. The first kappa shape index (κ1) is 12.1. The first-order valence-corrected chi connectivity index (χ1v) is 7.54. The van der Waals surface area contributed by atoms with Crippen molar-refractivity contribution in [2.24, 2.45) is 5.92 Å². The lowest BCUT2D eigenvalue weighted by Gasteiger charge is -2.07. The SMILES string of the molecule is Ic1cccc(-c2ncn(CC3CCCC3)n2)c1. The minimum absolute atomic E-state index is 0.801. The molecular formula is C14H16IN3. The summed E-state index contributed by atoms with van der Waals surface area (Å²) < 4.78 is 3.22. The molecule has 0 atom stereocenters. The van der Waals surface area contributed by atoms with Crippen LogP contribution >= 0.6 is 22.6 Å². The standard InChI is InChI=1S/C14H16IN3/c15-13-7-3-6-12(8-13)14-16-10-18(17-14)9-11-4-1-2-5-11/h3,6-8,10-11H,1-2,4-5,9H2. The van der Waals surface area contributed by atoms with Crippen molar-refractivity contribution < 1.29 is 0 Å². The maximum absolute atomic E-state index is 4.59. The van der Waals surface area contributed by atoms with Gasteiger partial charge >= 0.3 is 0 Å². The van der Waals surface area contributed by atoms with Crippen molar-refractivity contribution in [3.63, 3.8) is 0 Å². The minimum atomic E-state index is 0.801. The minimum Gasteiger partial charge on any atom is -0.252 e. The summed E-state index contributed by atoms with van der Waals surface area (Å²) >= 11 is 2.32. The molecule has 3 nitrogen and oxygen atoms in total. The van der Waals surface area contributed by atoms with Gasteiger partial charge in [0, 0.05) is 15.7 Å². The quantitative estimate of drug-likeness (QED) is 0.787. The van der Waals surface area contributed by atoms with Gasteiger partial charge in [-0.25, -0.2) is 4.98 Å². The molecule has 4 heteroatoms. The number of aromatic nitrogens is 3. The third-order valence-electron chi connectivity index (χ3n) is 3.54. The third-order valence-corrected chi connectivity index (χ3v) is 4.21. The van der Waals surface area contributed by atoms with Crippen LogP contribution in [0.25, 0.3) is 11.4 Å². The van der Waals surface area contributed by atoms with E-state index in [2.05, 4.69) is 56.9 Å². The molecule has 1 aromatic heterocycles. The lowest BCUT2D eigenvalue weighted by atomic mass is 10.1. The van der Waals surface area contributed by atoms with Crippen molar-refractivity contribution in [2.75, 3.05) is 0 Å². The molecule has 1 saturated carbocycles. The fraction of sp³-hybridized carbons (Fsp3) is 0.429. The van der Waals surface area contributed by atoms with E-state index in [1.165, 1.54) is 29.3 Å². The molecule has 0 unspecified atom stereocenters. The van der Waals surface area contributed by atoms with Crippen molar-refractivity contribution in [1.82, 2.24) is 14.8 Å². The second kappa shape index (κ2) is 5.38. The number of nitrogens with zero attached hydrogens (tertiary/aromatic N) is 3. The lowest BCUT2D eigenvalue weighted by molar-refractivity contribution is 0.429. The highest BCUT2D eigenvalue weighted by Gasteiger charge is 2.16. The highest BCUT2D eigenvalue weighted by Crippen LogP contribution is 2.26. The van der Waals surface area contributed by atoms with Crippen molar-refractivity contribution in [1.29, 1.82) is 0 Å². The van der Waals surface area contributed by atoms with Gasteiger partial charge in [0.05, 0.1) is 0 Å². The Morgan fingerprint density at radius 2 is 2.11 bits per heavy atom. The van der Waals surface area contributed by atoms with Crippen molar-refractivity contribution in [3.8, 4) is 11.4 Å². The predicted molar refractivity (Wildman–Crippen MR) is 80.1 cm³/mol. The van der Waals surface area contributed by atoms with Gasteiger partial charge in [0.2, 0.25) is 0 Å². The monoisotopic (exact) mass is 353 g/mol. The van der Waals surface area contributed by atoms with Gasteiger partial charge in [-0.15, -0.1) is 0 Å². The van der Waals surface area contributed by atoms with E-state index in [0.29, 0.717) is 0 Å². The largest absolute Gasteiger partial charge is 0.252 e. The zero-order chi connectivity index (χ0) is 12.4. The summed E-state index contributed by atoms with van der Waals surface area (Å²) in [5, 5.41) is 4.59. The molecule has 0 saturated heterocycles. The smallest absolute Gasteiger partial charge is 0.181 e. The molecule has 1 heterocycles. The number of hydrogen-bond donors (Lipinski definition) is 0. The predicted octanol–water partition coefficient (Wildman–Crippen LogP) is 3.74. The number of halogens is 1. The molecule has 0 aliphatic heterocycles. The van der Waals surface area contributed by atoms with Gasteiger partial charge in [0.25, 0.3) is 0 Å². The molecule has 1 aliphatic rings. The fourth-order valence-corrected chi connectivity index (χ4v) is 3.14. The Morgan fingerprint density at radius 3 is 2.89 bits per heavy atom. The summed E-state index contributed by atoms with van der Waals surface area (Å²) in [5.41, 5.74) is 1.10.